The van der Waals surface area contributed by atoms with Gasteiger partial charge in [0.25, 0.3) is 0 Å². The molecule has 18 heavy (non-hydrogen) atoms. The Kier molecular flexibility index (Phi) is 5.00. The fraction of sp³-hybridized carbons (Fsp3) is 0.583. The Morgan fingerprint density at radius 3 is 2.83 bits per heavy atom. The maximum Gasteiger partial charge on any atom is 0.236 e. The molecule has 1 aromatic heterocycles. The summed E-state index contributed by atoms with van der Waals surface area (Å²) >= 11 is 7.39. The molecular weight excluding hydrogens is 272 g/mol. The number of carbonyl (C=O) groups is 1. The van der Waals surface area contributed by atoms with E-state index in [4.69, 9.17) is 16.3 Å². The van der Waals surface area contributed by atoms with Crippen LogP contribution in [0, 0.1) is 0 Å². The van der Waals surface area contributed by atoms with Gasteiger partial charge in [-0.15, -0.1) is 11.3 Å². The van der Waals surface area contributed by atoms with Gasteiger partial charge in [0.05, 0.1) is 30.6 Å². The summed E-state index contributed by atoms with van der Waals surface area (Å²) < 4.78 is 6.02. The topological polar surface area (TPSA) is 32.8 Å². The Morgan fingerprint density at radius 1 is 1.50 bits per heavy atom. The van der Waals surface area contributed by atoms with Crippen LogP contribution in [0.5, 0.6) is 0 Å². The molecule has 6 heteroatoms. The molecule has 1 amide bonds. The molecule has 0 N–H and O–H groups in total. The molecule has 0 unspecified atom stereocenters. The van der Waals surface area contributed by atoms with Crippen LogP contribution in [0.2, 0.25) is 4.34 Å². The monoisotopic (exact) mass is 288 g/mol. The number of morpholine rings is 1. The van der Waals surface area contributed by atoms with Crippen LogP contribution in [0.15, 0.2) is 12.1 Å². The van der Waals surface area contributed by atoms with Crippen LogP contribution in [0.25, 0.3) is 0 Å². The summed E-state index contributed by atoms with van der Waals surface area (Å²) in [5.41, 5.74) is 0. The van der Waals surface area contributed by atoms with Crippen LogP contribution in [-0.2, 0) is 16.1 Å². The highest BCUT2D eigenvalue weighted by atomic mass is 35.5. The van der Waals surface area contributed by atoms with Crippen molar-refractivity contribution in [3.63, 3.8) is 0 Å². The van der Waals surface area contributed by atoms with Crippen molar-refractivity contribution >= 4 is 28.8 Å². The quantitative estimate of drug-likeness (QED) is 0.845. The minimum absolute atomic E-state index is 0.140. The minimum atomic E-state index is 0.140. The largest absolute Gasteiger partial charge is 0.379 e. The zero-order chi connectivity index (χ0) is 13.0. The molecule has 1 aliphatic heterocycles. The molecule has 0 atom stereocenters. The number of nitrogens with zero attached hydrogens (tertiary/aromatic N) is 2. The number of thiophene rings is 1. The number of likely N-dealkylation sites (N-methyl/N-ethyl adjacent to an activating group) is 1. The highest BCUT2D eigenvalue weighted by Gasteiger charge is 2.17. The Balaban J connectivity index is 1.80. The minimum Gasteiger partial charge on any atom is -0.379 e. The maximum absolute atomic E-state index is 12.0. The lowest BCUT2D eigenvalue weighted by Crippen LogP contribution is -2.43. The predicted molar refractivity (Wildman–Crippen MR) is 73.1 cm³/mol. The van der Waals surface area contributed by atoms with Crippen molar-refractivity contribution in [2.45, 2.75) is 6.54 Å². The highest BCUT2D eigenvalue weighted by molar-refractivity contribution is 7.16. The first-order valence-corrected chi connectivity index (χ1v) is 7.13. The third-order valence-corrected chi connectivity index (χ3v) is 4.13. The molecule has 0 spiro atoms. The normalized spacial score (nSPS) is 16.8. The van der Waals surface area contributed by atoms with E-state index in [1.165, 1.54) is 11.3 Å². The first kappa shape index (κ1) is 13.8. The lowest BCUT2D eigenvalue weighted by molar-refractivity contribution is -0.132. The summed E-state index contributed by atoms with van der Waals surface area (Å²) in [6, 6.07) is 3.83. The lowest BCUT2D eigenvalue weighted by Gasteiger charge is -2.27. The van der Waals surface area contributed by atoms with E-state index in [1.54, 1.807) is 4.90 Å². The molecule has 0 saturated carbocycles. The summed E-state index contributed by atoms with van der Waals surface area (Å²) in [4.78, 5) is 17.0. The fourth-order valence-electron chi connectivity index (χ4n) is 1.83. The van der Waals surface area contributed by atoms with E-state index < -0.39 is 0 Å². The van der Waals surface area contributed by atoms with E-state index in [2.05, 4.69) is 4.90 Å². The smallest absolute Gasteiger partial charge is 0.236 e. The number of amides is 1. The van der Waals surface area contributed by atoms with Crippen molar-refractivity contribution in [3.8, 4) is 0 Å². The molecule has 0 aromatic carbocycles. The highest BCUT2D eigenvalue weighted by Crippen LogP contribution is 2.22. The van der Waals surface area contributed by atoms with Gasteiger partial charge in [-0.3, -0.25) is 9.69 Å². The van der Waals surface area contributed by atoms with E-state index in [1.807, 2.05) is 19.2 Å². The van der Waals surface area contributed by atoms with Crippen molar-refractivity contribution in [2.75, 3.05) is 39.9 Å². The van der Waals surface area contributed by atoms with E-state index >= 15 is 0 Å². The molecule has 1 aliphatic rings. The van der Waals surface area contributed by atoms with E-state index in [9.17, 15) is 4.79 Å². The van der Waals surface area contributed by atoms with Crippen LogP contribution in [0.3, 0.4) is 0 Å². The zero-order valence-corrected chi connectivity index (χ0v) is 12.0. The summed E-state index contributed by atoms with van der Waals surface area (Å²) in [6.07, 6.45) is 0. The van der Waals surface area contributed by atoms with Crippen molar-refractivity contribution in [2.24, 2.45) is 0 Å². The number of halogens is 1. The molecule has 1 fully saturated rings. The van der Waals surface area contributed by atoms with Gasteiger partial charge in [0.1, 0.15) is 0 Å². The average molecular weight is 289 g/mol. The van der Waals surface area contributed by atoms with Gasteiger partial charge in [0, 0.05) is 25.0 Å². The first-order chi connectivity index (χ1) is 8.65. The van der Waals surface area contributed by atoms with Gasteiger partial charge in [0.2, 0.25) is 5.91 Å². The van der Waals surface area contributed by atoms with Crippen LogP contribution >= 0.6 is 22.9 Å². The molecule has 2 rings (SSSR count). The van der Waals surface area contributed by atoms with E-state index in [-0.39, 0.29) is 5.91 Å². The third-order valence-electron chi connectivity index (χ3n) is 2.91. The molecule has 4 nitrogen and oxygen atoms in total. The Morgan fingerprint density at radius 2 is 2.22 bits per heavy atom. The summed E-state index contributed by atoms with van der Waals surface area (Å²) in [6.45, 7) is 4.21. The summed E-state index contributed by atoms with van der Waals surface area (Å²) in [5.74, 6) is 0.140. The Hall–Kier alpha value is -0.620. The van der Waals surface area contributed by atoms with Gasteiger partial charge in [-0.2, -0.15) is 0 Å². The molecular formula is C12H17ClN2O2S. The van der Waals surface area contributed by atoms with Gasteiger partial charge in [0.15, 0.2) is 0 Å². The lowest BCUT2D eigenvalue weighted by atomic mass is 10.3. The van der Waals surface area contributed by atoms with Crippen molar-refractivity contribution in [1.82, 2.24) is 9.80 Å². The van der Waals surface area contributed by atoms with Gasteiger partial charge in [-0.1, -0.05) is 11.6 Å². The standard InChI is InChI=1S/C12H17ClN2O2S/c1-14(8-10-2-3-11(13)18-10)12(16)9-15-4-6-17-7-5-15/h2-3H,4-9H2,1H3. The molecule has 0 radical (unpaired) electrons. The predicted octanol–water partition coefficient (Wildman–Crippen LogP) is 1.69. The second-order valence-corrected chi connectivity index (χ2v) is 6.14. The number of ether oxygens (including phenoxy) is 1. The van der Waals surface area contributed by atoms with Crippen LogP contribution in [0.4, 0.5) is 0 Å². The second-order valence-electron chi connectivity index (χ2n) is 4.34. The van der Waals surface area contributed by atoms with Crippen LogP contribution in [-0.4, -0.2) is 55.6 Å². The molecule has 100 valence electrons. The second kappa shape index (κ2) is 6.52. The summed E-state index contributed by atoms with van der Waals surface area (Å²) in [7, 11) is 1.83. The zero-order valence-electron chi connectivity index (χ0n) is 10.4. The average Bonchev–Trinajstić information content (AvgIpc) is 2.76. The molecule has 1 aromatic rings. The van der Waals surface area contributed by atoms with Crippen LogP contribution < -0.4 is 0 Å². The Labute approximate surface area is 116 Å². The van der Waals surface area contributed by atoms with Crippen molar-refractivity contribution in [1.29, 1.82) is 0 Å². The maximum atomic E-state index is 12.0. The van der Waals surface area contributed by atoms with Gasteiger partial charge >= 0.3 is 0 Å². The van der Waals surface area contributed by atoms with E-state index in [0.717, 1.165) is 35.5 Å². The van der Waals surface area contributed by atoms with Crippen LogP contribution in [0.1, 0.15) is 4.88 Å². The van der Waals surface area contributed by atoms with Gasteiger partial charge < -0.3 is 9.64 Å². The van der Waals surface area contributed by atoms with Crippen molar-refractivity contribution < 1.29 is 9.53 Å². The fourth-order valence-corrected chi connectivity index (χ4v) is 2.97. The third kappa shape index (κ3) is 3.95. The van der Waals surface area contributed by atoms with E-state index in [0.29, 0.717) is 13.1 Å². The molecule has 1 saturated heterocycles. The molecule has 0 aliphatic carbocycles. The Bertz CT molecular complexity index is 405. The number of carbonyl (C=O) groups excluding carboxylic acids is 1. The molecule has 2 heterocycles. The number of rotatable bonds is 4. The molecule has 0 bridgehead atoms. The number of hydrogen-bond donors (Lipinski definition) is 0. The van der Waals surface area contributed by atoms with Gasteiger partial charge in [-0.05, 0) is 12.1 Å². The summed E-state index contributed by atoms with van der Waals surface area (Å²) in [5, 5.41) is 0. The van der Waals surface area contributed by atoms with Gasteiger partial charge in [-0.25, -0.2) is 0 Å². The number of hydrogen-bond acceptors (Lipinski definition) is 4. The van der Waals surface area contributed by atoms with Crippen molar-refractivity contribution in [3.05, 3.63) is 21.3 Å². The first-order valence-electron chi connectivity index (χ1n) is 5.93. The SMILES string of the molecule is CN(Cc1ccc(Cl)s1)C(=O)CN1CCOCC1.